The summed E-state index contributed by atoms with van der Waals surface area (Å²) in [6.45, 7) is 0. The quantitative estimate of drug-likeness (QED) is 0.203. The monoisotopic (exact) mass is 502 g/mol. The average molecular weight is 503 g/mol. The Labute approximate surface area is 221 Å². The Hall–Kier alpha value is -3.39. The molecule has 0 aliphatic heterocycles. The van der Waals surface area contributed by atoms with Crippen LogP contribution in [0.25, 0.3) is 31.3 Å². The average Bonchev–Trinajstić information content (AvgIpc) is 3.31. The summed E-state index contributed by atoms with van der Waals surface area (Å²) in [6.07, 6.45) is 3.29. The molecule has 0 nitrogen and oxygen atoms in total. The molecule has 0 aliphatic carbocycles. The van der Waals surface area contributed by atoms with Crippen molar-refractivity contribution in [3.63, 3.8) is 0 Å². The van der Waals surface area contributed by atoms with E-state index in [-0.39, 0.29) is 0 Å². The number of halogens is 1. The van der Waals surface area contributed by atoms with Gasteiger partial charge in [0.15, 0.2) is 0 Å². The van der Waals surface area contributed by atoms with Gasteiger partial charge in [0.05, 0.1) is 0 Å². The molecule has 0 aliphatic rings. The maximum absolute atomic E-state index is 6.23. The first-order valence-corrected chi connectivity index (χ1v) is 13.7. The first-order valence-electron chi connectivity index (χ1n) is 12.6. The fourth-order valence-electron chi connectivity index (χ4n) is 5.19. The summed E-state index contributed by atoms with van der Waals surface area (Å²) >= 11 is 8.11. The van der Waals surface area contributed by atoms with E-state index in [2.05, 4.69) is 109 Å². The fraction of sp³-hybridized carbons (Fsp3) is 0.118. The van der Waals surface area contributed by atoms with E-state index in [1.54, 1.807) is 0 Å². The standard InChI is InChI=1S/C34H27ClS/c35-29-20-17-27(18-21-29)30(28-19-22-34-32(23-28)31-10-4-5-12-33(31)36-34)11-6-7-24-13-15-26(16-14-24)25-8-2-1-3-9-25/h1-5,8-10,12-23,30H,6-7,11H2. The van der Waals surface area contributed by atoms with Crippen LogP contribution < -0.4 is 0 Å². The second-order valence-electron chi connectivity index (χ2n) is 9.41. The lowest BCUT2D eigenvalue weighted by Gasteiger charge is -2.19. The molecule has 0 saturated heterocycles. The molecule has 0 radical (unpaired) electrons. The van der Waals surface area contributed by atoms with Gasteiger partial charge in [0.2, 0.25) is 0 Å². The topological polar surface area (TPSA) is 0 Å². The van der Waals surface area contributed by atoms with Gasteiger partial charge in [-0.05, 0) is 77.4 Å². The number of thiophene rings is 1. The summed E-state index contributed by atoms with van der Waals surface area (Å²) < 4.78 is 2.71. The molecule has 0 bridgehead atoms. The molecule has 6 rings (SSSR count). The third-order valence-electron chi connectivity index (χ3n) is 7.09. The molecule has 2 heteroatoms. The normalized spacial score (nSPS) is 12.2. The Balaban J connectivity index is 1.25. The molecule has 0 fully saturated rings. The second kappa shape index (κ2) is 10.3. The van der Waals surface area contributed by atoms with Crippen molar-refractivity contribution in [3.05, 3.63) is 143 Å². The van der Waals surface area contributed by atoms with Gasteiger partial charge in [-0.25, -0.2) is 0 Å². The van der Waals surface area contributed by atoms with Crippen LogP contribution in [0.5, 0.6) is 0 Å². The van der Waals surface area contributed by atoms with Gasteiger partial charge in [0.25, 0.3) is 0 Å². The lowest BCUT2D eigenvalue weighted by atomic mass is 9.86. The van der Waals surface area contributed by atoms with Crippen molar-refractivity contribution < 1.29 is 0 Å². The third-order valence-corrected chi connectivity index (χ3v) is 8.50. The van der Waals surface area contributed by atoms with Gasteiger partial charge < -0.3 is 0 Å². The number of rotatable bonds is 7. The van der Waals surface area contributed by atoms with Crippen molar-refractivity contribution in [1.82, 2.24) is 0 Å². The number of hydrogen-bond donors (Lipinski definition) is 0. The van der Waals surface area contributed by atoms with Crippen molar-refractivity contribution in [2.75, 3.05) is 0 Å². The molecule has 1 aromatic heterocycles. The zero-order valence-electron chi connectivity index (χ0n) is 20.0. The summed E-state index contributed by atoms with van der Waals surface area (Å²) in [4.78, 5) is 0. The predicted molar refractivity (Wildman–Crippen MR) is 157 cm³/mol. The summed E-state index contributed by atoms with van der Waals surface area (Å²) in [6, 6.07) is 43.8. The smallest absolute Gasteiger partial charge is 0.0406 e. The molecule has 36 heavy (non-hydrogen) atoms. The zero-order chi connectivity index (χ0) is 24.3. The van der Waals surface area contributed by atoms with Gasteiger partial charge in [-0.3, -0.25) is 0 Å². The van der Waals surface area contributed by atoms with E-state index in [1.165, 1.54) is 48.0 Å². The van der Waals surface area contributed by atoms with Crippen molar-refractivity contribution >= 4 is 43.1 Å². The maximum atomic E-state index is 6.23. The zero-order valence-corrected chi connectivity index (χ0v) is 21.6. The highest BCUT2D eigenvalue weighted by Crippen LogP contribution is 2.38. The Bertz CT molecular complexity index is 1600. The van der Waals surface area contributed by atoms with E-state index in [0.29, 0.717) is 5.92 Å². The van der Waals surface area contributed by atoms with Crippen molar-refractivity contribution in [2.45, 2.75) is 25.2 Å². The molecule has 1 heterocycles. The highest BCUT2D eigenvalue weighted by molar-refractivity contribution is 7.25. The summed E-state index contributed by atoms with van der Waals surface area (Å²) in [5.74, 6) is 0.342. The van der Waals surface area contributed by atoms with Crippen molar-refractivity contribution in [3.8, 4) is 11.1 Å². The van der Waals surface area contributed by atoms with E-state index in [1.807, 2.05) is 23.5 Å². The Morgan fingerprint density at radius 1 is 0.583 bits per heavy atom. The Morgan fingerprint density at radius 3 is 2.06 bits per heavy atom. The van der Waals surface area contributed by atoms with Crippen LogP contribution in [-0.4, -0.2) is 0 Å². The van der Waals surface area contributed by atoms with E-state index >= 15 is 0 Å². The highest BCUT2D eigenvalue weighted by Gasteiger charge is 2.16. The van der Waals surface area contributed by atoms with Crippen LogP contribution in [0, 0.1) is 0 Å². The summed E-state index contributed by atoms with van der Waals surface area (Å²) in [7, 11) is 0. The largest absolute Gasteiger partial charge is 0.135 e. The van der Waals surface area contributed by atoms with E-state index in [4.69, 9.17) is 11.6 Å². The lowest BCUT2D eigenvalue weighted by Crippen LogP contribution is -2.02. The molecule has 0 amide bonds. The minimum atomic E-state index is 0.342. The van der Waals surface area contributed by atoms with Crippen LogP contribution in [0.3, 0.4) is 0 Å². The van der Waals surface area contributed by atoms with Crippen LogP contribution in [0.1, 0.15) is 35.4 Å². The maximum Gasteiger partial charge on any atom is 0.0406 e. The molecule has 0 spiro atoms. The number of benzene rings is 5. The first-order chi connectivity index (χ1) is 17.7. The van der Waals surface area contributed by atoms with Gasteiger partial charge in [0, 0.05) is 31.1 Å². The third kappa shape index (κ3) is 4.82. The van der Waals surface area contributed by atoms with Gasteiger partial charge in [-0.15, -0.1) is 11.3 Å². The minimum absolute atomic E-state index is 0.342. The molecule has 6 aromatic rings. The van der Waals surface area contributed by atoms with Crippen LogP contribution >= 0.6 is 22.9 Å². The summed E-state index contributed by atoms with van der Waals surface area (Å²) in [5, 5.41) is 3.51. The van der Waals surface area contributed by atoms with E-state index in [0.717, 1.165) is 24.3 Å². The molecule has 1 unspecified atom stereocenters. The van der Waals surface area contributed by atoms with Gasteiger partial charge in [-0.2, -0.15) is 0 Å². The number of hydrogen-bond acceptors (Lipinski definition) is 1. The first kappa shape index (κ1) is 23.0. The number of fused-ring (bicyclic) bond motifs is 3. The lowest BCUT2D eigenvalue weighted by molar-refractivity contribution is 0.662. The summed E-state index contributed by atoms with van der Waals surface area (Å²) in [5.41, 5.74) is 6.65. The fourth-order valence-corrected chi connectivity index (χ4v) is 6.40. The van der Waals surface area contributed by atoms with Gasteiger partial charge in [-0.1, -0.05) is 103 Å². The van der Waals surface area contributed by atoms with Crippen LogP contribution in [0.4, 0.5) is 0 Å². The molecule has 176 valence electrons. The van der Waals surface area contributed by atoms with Crippen LogP contribution in [0.2, 0.25) is 5.02 Å². The van der Waals surface area contributed by atoms with Gasteiger partial charge in [0.1, 0.15) is 0 Å². The number of aryl methyl sites for hydroxylation is 1. The predicted octanol–water partition coefficient (Wildman–Crippen LogP) is 10.5. The van der Waals surface area contributed by atoms with Crippen LogP contribution in [0.15, 0.2) is 121 Å². The van der Waals surface area contributed by atoms with E-state index < -0.39 is 0 Å². The Kier molecular flexibility index (Phi) is 6.59. The molecule has 0 N–H and O–H groups in total. The second-order valence-corrected chi connectivity index (χ2v) is 10.9. The molecular formula is C34H27ClS. The minimum Gasteiger partial charge on any atom is -0.135 e. The molecule has 1 atom stereocenters. The molecular weight excluding hydrogens is 476 g/mol. The van der Waals surface area contributed by atoms with Crippen molar-refractivity contribution in [1.29, 1.82) is 0 Å². The SMILES string of the molecule is Clc1ccc(C(CCCc2ccc(-c3ccccc3)cc2)c2ccc3sc4ccccc4c3c2)cc1. The highest BCUT2D eigenvalue weighted by atomic mass is 35.5. The van der Waals surface area contributed by atoms with Crippen molar-refractivity contribution in [2.24, 2.45) is 0 Å². The van der Waals surface area contributed by atoms with Gasteiger partial charge >= 0.3 is 0 Å². The molecule has 0 saturated carbocycles. The Morgan fingerprint density at radius 2 is 1.25 bits per heavy atom. The van der Waals surface area contributed by atoms with E-state index in [9.17, 15) is 0 Å². The van der Waals surface area contributed by atoms with Crippen LogP contribution in [-0.2, 0) is 6.42 Å². The molecule has 5 aromatic carbocycles.